The van der Waals surface area contributed by atoms with E-state index < -0.39 is 0 Å². The van der Waals surface area contributed by atoms with Gasteiger partial charge in [-0.2, -0.15) is 4.98 Å². The molecule has 1 N–H and O–H groups in total. The molecule has 7 heteroatoms. The second-order valence-corrected chi connectivity index (χ2v) is 6.78. The molecule has 0 saturated heterocycles. The molecule has 1 aromatic heterocycles. The molecule has 0 bridgehead atoms. The molecule has 0 unspecified atom stereocenters. The molecule has 156 valence electrons. The third kappa shape index (κ3) is 4.72. The minimum atomic E-state index is -0.311. The molecule has 31 heavy (non-hydrogen) atoms. The van der Waals surface area contributed by atoms with Gasteiger partial charge >= 0.3 is 0 Å². The number of carbonyl (C=O) groups excluding carboxylic acids is 1. The first-order valence-electron chi connectivity index (χ1n) is 9.66. The van der Waals surface area contributed by atoms with Crippen LogP contribution in [0, 0.1) is 0 Å². The van der Waals surface area contributed by atoms with E-state index in [0.29, 0.717) is 46.4 Å². The van der Waals surface area contributed by atoms with E-state index in [1.165, 1.54) is 14.2 Å². The monoisotopic (exact) mass is 415 g/mol. The quantitative estimate of drug-likeness (QED) is 0.475. The van der Waals surface area contributed by atoms with Gasteiger partial charge in [0.2, 0.25) is 0 Å². The molecule has 0 spiro atoms. The summed E-state index contributed by atoms with van der Waals surface area (Å²) in [5.41, 5.74) is 2.69. The van der Waals surface area contributed by atoms with Crippen LogP contribution >= 0.6 is 0 Å². The summed E-state index contributed by atoms with van der Waals surface area (Å²) < 4.78 is 16.0. The zero-order valence-electron chi connectivity index (χ0n) is 17.2. The van der Waals surface area contributed by atoms with E-state index in [1.54, 1.807) is 24.3 Å². The van der Waals surface area contributed by atoms with E-state index in [1.807, 2.05) is 48.5 Å². The number of nitrogens with one attached hydrogen (secondary N) is 1. The standard InChI is InChI=1S/C24H21N3O4/c1-29-18-13-17(14-19(15-18)30-2)23(28)25-21-11-7-6-10-20(21)24-26-22(27-31-24)12-16-8-4-3-5-9-16/h3-11,13-15H,12H2,1-2H3,(H,25,28). The lowest BCUT2D eigenvalue weighted by Crippen LogP contribution is -2.13. The van der Waals surface area contributed by atoms with Crippen LogP contribution in [0.15, 0.2) is 77.3 Å². The van der Waals surface area contributed by atoms with Crippen LogP contribution in [0.1, 0.15) is 21.7 Å². The molecule has 7 nitrogen and oxygen atoms in total. The van der Waals surface area contributed by atoms with Crippen LogP contribution in [0.25, 0.3) is 11.5 Å². The minimum absolute atomic E-state index is 0.311. The lowest BCUT2D eigenvalue weighted by molar-refractivity contribution is 0.102. The maximum atomic E-state index is 12.9. The van der Waals surface area contributed by atoms with Crippen LogP contribution in [-0.2, 0) is 6.42 Å². The number of ether oxygens (including phenoxy) is 2. The van der Waals surface area contributed by atoms with Crippen molar-refractivity contribution in [1.82, 2.24) is 10.1 Å². The average Bonchev–Trinajstić information content (AvgIpc) is 3.27. The van der Waals surface area contributed by atoms with Gasteiger partial charge < -0.3 is 19.3 Å². The third-order valence-corrected chi connectivity index (χ3v) is 4.69. The molecular formula is C24H21N3O4. The van der Waals surface area contributed by atoms with Gasteiger partial charge in [-0.05, 0) is 29.8 Å². The Morgan fingerprint density at radius 2 is 1.61 bits per heavy atom. The number of para-hydroxylation sites is 1. The van der Waals surface area contributed by atoms with Crippen molar-refractivity contribution >= 4 is 11.6 Å². The zero-order chi connectivity index (χ0) is 21.6. The Labute approximate surface area is 179 Å². The topological polar surface area (TPSA) is 86.5 Å². The van der Waals surface area contributed by atoms with E-state index >= 15 is 0 Å². The number of carbonyl (C=O) groups is 1. The van der Waals surface area contributed by atoms with Crippen molar-refractivity contribution in [2.24, 2.45) is 0 Å². The summed E-state index contributed by atoms with van der Waals surface area (Å²) in [5.74, 6) is 1.65. The summed E-state index contributed by atoms with van der Waals surface area (Å²) in [5, 5.41) is 6.99. The molecule has 1 amide bonds. The maximum Gasteiger partial charge on any atom is 0.260 e. The van der Waals surface area contributed by atoms with E-state index in [4.69, 9.17) is 14.0 Å². The van der Waals surface area contributed by atoms with Crippen molar-refractivity contribution in [1.29, 1.82) is 0 Å². The molecule has 0 fully saturated rings. The number of nitrogens with zero attached hydrogens (tertiary/aromatic N) is 2. The van der Waals surface area contributed by atoms with Crippen LogP contribution < -0.4 is 14.8 Å². The number of hydrogen-bond acceptors (Lipinski definition) is 6. The Morgan fingerprint density at radius 1 is 0.935 bits per heavy atom. The van der Waals surface area contributed by atoms with Crippen LogP contribution in [0.3, 0.4) is 0 Å². The Hall–Kier alpha value is -4.13. The van der Waals surface area contributed by atoms with Crippen molar-refractivity contribution in [2.45, 2.75) is 6.42 Å². The maximum absolute atomic E-state index is 12.9. The van der Waals surface area contributed by atoms with E-state index in [0.717, 1.165) is 5.56 Å². The van der Waals surface area contributed by atoms with Crippen molar-refractivity contribution < 1.29 is 18.8 Å². The Balaban J connectivity index is 1.58. The van der Waals surface area contributed by atoms with Crippen molar-refractivity contribution in [3.8, 4) is 23.0 Å². The smallest absolute Gasteiger partial charge is 0.260 e. The van der Waals surface area contributed by atoms with E-state index in [2.05, 4.69) is 15.5 Å². The van der Waals surface area contributed by atoms with Crippen LogP contribution in [0.5, 0.6) is 11.5 Å². The van der Waals surface area contributed by atoms with E-state index in [-0.39, 0.29) is 5.91 Å². The number of rotatable bonds is 7. The Kier molecular flexibility index (Phi) is 5.93. The number of anilines is 1. The van der Waals surface area contributed by atoms with Gasteiger partial charge in [0.05, 0.1) is 25.5 Å². The molecule has 0 aliphatic rings. The summed E-state index contributed by atoms with van der Waals surface area (Å²) in [7, 11) is 3.07. The number of hydrogen-bond donors (Lipinski definition) is 1. The summed E-state index contributed by atoms with van der Waals surface area (Å²) in [4.78, 5) is 17.4. The second kappa shape index (κ2) is 9.13. The average molecular weight is 415 g/mol. The molecule has 0 aliphatic heterocycles. The predicted octanol–water partition coefficient (Wildman–Crippen LogP) is 4.60. The fourth-order valence-electron chi connectivity index (χ4n) is 3.13. The number of aromatic nitrogens is 2. The van der Waals surface area contributed by atoms with Crippen molar-refractivity contribution in [3.05, 3.63) is 89.7 Å². The molecule has 4 rings (SSSR count). The van der Waals surface area contributed by atoms with Crippen molar-refractivity contribution in [2.75, 3.05) is 19.5 Å². The normalized spacial score (nSPS) is 10.5. The number of benzene rings is 3. The van der Waals surface area contributed by atoms with Crippen molar-refractivity contribution in [3.63, 3.8) is 0 Å². The highest BCUT2D eigenvalue weighted by atomic mass is 16.5. The molecule has 0 atom stereocenters. The summed E-state index contributed by atoms with van der Waals surface area (Å²) in [6.07, 6.45) is 0.558. The molecule has 1 heterocycles. The van der Waals surface area contributed by atoms with Crippen LogP contribution in [0.2, 0.25) is 0 Å². The first kappa shape index (κ1) is 20.2. The highest BCUT2D eigenvalue weighted by Gasteiger charge is 2.16. The number of methoxy groups -OCH3 is 2. The van der Waals surface area contributed by atoms with Gasteiger partial charge in [0, 0.05) is 18.1 Å². The van der Waals surface area contributed by atoms with Crippen LogP contribution in [0.4, 0.5) is 5.69 Å². The molecule has 3 aromatic carbocycles. The van der Waals surface area contributed by atoms with Crippen LogP contribution in [-0.4, -0.2) is 30.3 Å². The summed E-state index contributed by atoms with van der Waals surface area (Å²) >= 11 is 0. The number of amides is 1. The largest absolute Gasteiger partial charge is 0.497 e. The second-order valence-electron chi connectivity index (χ2n) is 6.78. The van der Waals surface area contributed by atoms with Gasteiger partial charge in [-0.1, -0.05) is 47.6 Å². The minimum Gasteiger partial charge on any atom is -0.497 e. The first-order valence-corrected chi connectivity index (χ1v) is 9.66. The fourth-order valence-corrected chi connectivity index (χ4v) is 3.13. The molecule has 0 saturated carbocycles. The lowest BCUT2D eigenvalue weighted by Gasteiger charge is -2.11. The van der Waals surface area contributed by atoms with Gasteiger partial charge in [-0.15, -0.1) is 0 Å². The molecular weight excluding hydrogens is 394 g/mol. The Bertz CT molecular complexity index is 1170. The SMILES string of the molecule is COc1cc(OC)cc(C(=O)Nc2ccccc2-c2nc(Cc3ccccc3)no2)c1. The highest BCUT2D eigenvalue weighted by Crippen LogP contribution is 2.28. The molecule has 0 radical (unpaired) electrons. The molecule has 4 aromatic rings. The first-order chi connectivity index (χ1) is 15.2. The molecule has 0 aliphatic carbocycles. The van der Waals surface area contributed by atoms with Gasteiger partial charge in [0.15, 0.2) is 5.82 Å². The van der Waals surface area contributed by atoms with Gasteiger partial charge in [0.1, 0.15) is 11.5 Å². The third-order valence-electron chi connectivity index (χ3n) is 4.69. The van der Waals surface area contributed by atoms with E-state index in [9.17, 15) is 4.79 Å². The van der Waals surface area contributed by atoms with Gasteiger partial charge in [-0.3, -0.25) is 4.79 Å². The Morgan fingerprint density at radius 3 is 2.32 bits per heavy atom. The van der Waals surface area contributed by atoms with Gasteiger partial charge in [0.25, 0.3) is 11.8 Å². The summed E-state index contributed by atoms with van der Waals surface area (Å²) in [6.45, 7) is 0. The summed E-state index contributed by atoms with van der Waals surface area (Å²) in [6, 6.07) is 22.2. The lowest BCUT2D eigenvalue weighted by atomic mass is 10.1. The fraction of sp³-hybridized carbons (Fsp3) is 0.125. The predicted molar refractivity (Wildman–Crippen MR) is 116 cm³/mol. The zero-order valence-corrected chi connectivity index (χ0v) is 17.2. The highest BCUT2D eigenvalue weighted by molar-refractivity contribution is 6.06. The van der Waals surface area contributed by atoms with Gasteiger partial charge in [-0.25, -0.2) is 0 Å².